The first-order valence-corrected chi connectivity index (χ1v) is 11.9. The van der Waals surface area contributed by atoms with Crippen molar-refractivity contribution in [2.45, 2.75) is 24.3 Å². The van der Waals surface area contributed by atoms with Crippen LogP contribution in [0.5, 0.6) is 11.5 Å². The van der Waals surface area contributed by atoms with Crippen LogP contribution in [0.3, 0.4) is 0 Å². The van der Waals surface area contributed by atoms with Gasteiger partial charge < -0.3 is 19.7 Å². The van der Waals surface area contributed by atoms with Crippen molar-refractivity contribution in [3.05, 3.63) is 36.2 Å². The summed E-state index contributed by atoms with van der Waals surface area (Å²) in [6.07, 6.45) is 6.55. The summed E-state index contributed by atoms with van der Waals surface area (Å²) in [4.78, 5) is 11.1. The molecule has 1 aromatic carbocycles. The normalized spacial score (nSPS) is 19.0. The third kappa shape index (κ3) is 4.97. The SMILES string of the molecule is CS(=N)(=O)c1cnc(N2CCC(CNCc3ccc4c(c3)OCCO4)CC2)nc1. The molecule has 0 aliphatic carbocycles. The molecule has 2 aromatic rings. The van der Waals surface area contributed by atoms with Gasteiger partial charge in [-0.05, 0) is 43.0 Å². The van der Waals surface area contributed by atoms with Crippen molar-refractivity contribution < 1.29 is 13.7 Å². The molecule has 0 amide bonds. The molecule has 3 heterocycles. The highest BCUT2D eigenvalue weighted by molar-refractivity contribution is 7.91. The van der Waals surface area contributed by atoms with Crippen LogP contribution < -0.4 is 19.7 Å². The summed E-state index contributed by atoms with van der Waals surface area (Å²) in [6, 6.07) is 6.11. The zero-order valence-corrected chi connectivity index (χ0v) is 17.4. The first-order chi connectivity index (χ1) is 14.0. The minimum Gasteiger partial charge on any atom is -0.486 e. The Morgan fingerprint density at radius 3 is 2.55 bits per heavy atom. The minimum atomic E-state index is -2.76. The van der Waals surface area contributed by atoms with Crippen molar-refractivity contribution in [1.29, 1.82) is 4.78 Å². The van der Waals surface area contributed by atoms with Gasteiger partial charge in [-0.15, -0.1) is 0 Å². The second kappa shape index (κ2) is 8.54. The van der Waals surface area contributed by atoms with E-state index < -0.39 is 9.73 Å². The van der Waals surface area contributed by atoms with E-state index in [-0.39, 0.29) is 0 Å². The molecule has 1 aromatic heterocycles. The van der Waals surface area contributed by atoms with Crippen LogP contribution >= 0.6 is 0 Å². The third-order valence-corrected chi connectivity index (χ3v) is 6.44. The molecular weight excluding hydrogens is 390 g/mol. The lowest BCUT2D eigenvalue weighted by Crippen LogP contribution is -2.38. The van der Waals surface area contributed by atoms with Gasteiger partial charge in [-0.3, -0.25) is 0 Å². The zero-order valence-electron chi connectivity index (χ0n) is 16.6. The van der Waals surface area contributed by atoms with Gasteiger partial charge >= 0.3 is 0 Å². The maximum atomic E-state index is 11.7. The van der Waals surface area contributed by atoms with Crippen LogP contribution in [0, 0.1) is 10.7 Å². The monoisotopic (exact) mass is 417 g/mol. The van der Waals surface area contributed by atoms with Gasteiger partial charge in [0.2, 0.25) is 5.95 Å². The number of fused-ring (bicyclic) bond motifs is 1. The van der Waals surface area contributed by atoms with Gasteiger partial charge in [0.1, 0.15) is 13.2 Å². The molecule has 0 saturated carbocycles. The lowest BCUT2D eigenvalue weighted by molar-refractivity contribution is 0.171. The van der Waals surface area contributed by atoms with Crippen molar-refractivity contribution >= 4 is 15.7 Å². The Balaban J connectivity index is 1.23. The molecule has 8 nitrogen and oxygen atoms in total. The highest BCUT2D eigenvalue weighted by atomic mass is 32.2. The molecule has 156 valence electrons. The van der Waals surface area contributed by atoms with E-state index in [0.29, 0.717) is 30.0 Å². The fraction of sp³-hybridized carbons (Fsp3) is 0.500. The van der Waals surface area contributed by atoms with Gasteiger partial charge in [0.15, 0.2) is 11.5 Å². The second-order valence-electron chi connectivity index (χ2n) is 7.60. The van der Waals surface area contributed by atoms with Gasteiger partial charge in [0.05, 0.1) is 14.6 Å². The first kappa shape index (κ1) is 19.9. The van der Waals surface area contributed by atoms with Crippen LogP contribution in [0.2, 0.25) is 0 Å². The molecule has 2 aliphatic heterocycles. The number of aromatic nitrogens is 2. The van der Waals surface area contributed by atoms with Gasteiger partial charge in [-0.2, -0.15) is 0 Å². The molecule has 0 bridgehead atoms. The Labute approximate surface area is 171 Å². The molecule has 9 heteroatoms. The van der Waals surface area contributed by atoms with Crippen LogP contribution in [0.25, 0.3) is 0 Å². The Morgan fingerprint density at radius 2 is 1.86 bits per heavy atom. The van der Waals surface area contributed by atoms with E-state index in [4.69, 9.17) is 14.3 Å². The van der Waals surface area contributed by atoms with Crippen molar-refractivity contribution in [2.75, 3.05) is 44.0 Å². The quantitative estimate of drug-likeness (QED) is 0.744. The predicted molar refractivity (Wildman–Crippen MR) is 111 cm³/mol. The summed E-state index contributed by atoms with van der Waals surface area (Å²) in [5.74, 6) is 2.93. The maximum absolute atomic E-state index is 11.7. The second-order valence-corrected chi connectivity index (χ2v) is 9.76. The standard InChI is InChI=1S/C20H27N5O3S/c1-29(21,26)17-13-23-20(24-14-17)25-6-4-15(5-7-25)11-22-12-16-2-3-18-19(10-16)28-9-8-27-18/h2-3,10,13-15,21-22H,4-9,11-12H2,1H3. The summed E-state index contributed by atoms with van der Waals surface area (Å²) >= 11 is 0. The Kier molecular flexibility index (Phi) is 5.86. The van der Waals surface area contributed by atoms with Crippen molar-refractivity contribution in [3.8, 4) is 11.5 Å². The number of benzene rings is 1. The highest BCUT2D eigenvalue weighted by Crippen LogP contribution is 2.30. The minimum absolute atomic E-state index is 0.375. The largest absolute Gasteiger partial charge is 0.486 e. The smallest absolute Gasteiger partial charge is 0.225 e. The molecule has 1 atom stereocenters. The van der Waals surface area contributed by atoms with E-state index in [9.17, 15) is 4.21 Å². The van der Waals surface area contributed by atoms with Gasteiger partial charge in [0, 0.05) is 38.3 Å². The first-order valence-electron chi connectivity index (χ1n) is 9.89. The van der Waals surface area contributed by atoms with Crippen LogP contribution in [0.4, 0.5) is 5.95 Å². The van der Waals surface area contributed by atoms with Gasteiger partial charge in [-0.25, -0.2) is 19.0 Å². The molecule has 1 saturated heterocycles. The Morgan fingerprint density at radius 1 is 1.17 bits per heavy atom. The van der Waals surface area contributed by atoms with E-state index in [2.05, 4.69) is 32.3 Å². The molecule has 29 heavy (non-hydrogen) atoms. The Bertz CT molecular complexity index is 941. The topological polar surface area (TPSA) is 100 Å². The van der Waals surface area contributed by atoms with E-state index >= 15 is 0 Å². The summed E-state index contributed by atoms with van der Waals surface area (Å²) in [5, 5.41) is 3.56. The van der Waals surface area contributed by atoms with Crippen LogP contribution in [-0.4, -0.2) is 53.3 Å². The molecule has 4 rings (SSSR count). The van der Waals surface area contributed by atoms with E-state index in [0.717, 1.165) is 50.5 Å². The van der Waals surface area contributed by atoms with Crippen molar-refractivity contribution in [3.63, 3.8) is 0 Å². The fourth-order valence-electron chi connectivity index (χ4n) is 3.63. The molecule has 0 spiro atoms. The average Bonchev–Trinajstić information content (AvgIpc) is 2.74. The maximum Gasteiger partial charge on any atom is 0.225 e. The van der Waals surface area contributed by atoms with Crippen LogP contribution in [0.15, 0.2) is 35.5 Å². The summed E-state index contributed by atoms with van der Waals surface area (Å²) in [5.41, 5.74) is 1.20. The summed E-state index contributed by atoms with van der Waals surface area (Å²) in [6.45, 7) is 4.80. The Hall–Kier alpha value is -2.39. The molecule has 0 radical (unpaired) electrons. The fourth-order valence-corrected chi connectivity index (χ4v) is 4.14. The van der Waals surface area contributed by atoms with Crippen LogP contribution in [0.1, 0.15) is 18.4 Å². The van der Waals surface area contributed by atoms with Crippen LogP contribution in [-0.2, 0) is 16.3 Å². The van der Waals surface area contributed by atoms with Crippen molar-refractivity contribution in [1.82, 2.24) is 15.3 Å². The summed E-state index contributed by atoms with van der Waals surface area (Å²) < 4.78 is 30.6. The average molecular weight is 418 g/mol. The van der Waals surface area contributed by atoms with E-state index in [1.54, 1.807) is 0 Å². The highest BCUT2D eigenvalue weighted by Gasteiger charge is 2.21. The number of piperidine rings is 1. The number of nitrogens with one attached hydrogen (secondary N) is 2. The predicted octanol–water partition coefficient (Wildman–Crippen LogP) is 2.29. The number of nitrogens with zero attached hydrogens (tertiary/aromatic N) is 3. The number of rotatable bonds is 6. The number of ether oxygens (including phenoxy) is 2. The lowest BCUT2D eigenvalue weighted by Gasteiger charge is -2.32. The molecule has 1 unspecified atom stereocenters. The molecule has 2 aliphatic rings. The zero-order chi connectivity index (χ0) is 20.3. The lowest BCUT2D eigenvalue weighted by atomic mass is 9.97. The number of hydrogen-bond acceptors (Lipinski definition) is 8. The number of anilines is 1. The number of hydrogen-bond donors (Lipinski definition) is 2. The van der Waals surface area contributed by atoms with Crippen molar-refractivity contribution in [2.24, 2.45) is 5.92 Å². The third-order valence-electron chi connectivity index (χ3n) is 5.33. The molecule has 1 fully saturated rings. The van der Waals surface area contributed by atoms with Gasteiger partial charge in [0.25, 0.3) is 0 Å². The summed E-state index contributed by atoms with van der Waals surface area (Å²) in [7, 11) is -2.76. The van der Waals surface area contributed by atoms with E-state index in [1.807, 2.05) is 6.07 Å². The molecule has 2 N–H and O–H groups in total. The van der Waals surface area contributed by atoms with E-state index in [1.165, 1.54) is 24.2 Å². The van der Waals surface area contributed by atoms with Gasteiger partial charge in [-0.1, -0.05) is 6.07 Å². The molecular formula is C20H27N5O3S.